The number of hydrogen-bond acceptors (Lipinski definition) is 4. The lowest BCUT2D eigenvalue weighted by molar-refractivity contribution is -0.120. The molecule has 1 heterocycles. The molecule has 0 atom stereocenters. The number of hydrogen-bond donors (Lipinski definition) is 3. The van der Waals surface area contributed by atoms with Crippen molar-refractivity contribution in [3.05, 3.63) is 23.4 Å². The highest BCUT2D eigenvalue weighted by Crippen LogP contribution is 2.15. The fourth-order valence-electron chi connectivity index (χ4n) is 1.64. The molecule has 21 heavy (non-hydrogen) atoms. The number of rotatable bonds is 6. The van der Waals surface area contributed by atoms with Crippen LogP contribution in [0.25, 0.3) is 0 Å². The van der Waals surface area contributed by atoms with E-state index >= 15 is 0 Å². The van der Waals surface area contributed by atoms with Gasteiger partial charge in [-0.1, -0.05) is 27.7 Å². The average molecular weight is 292 g/mol. The summed E-state index contributed by atoms with van der Waals surface area (Å²) in [7, 11) is 0. The molecule has 1 aromatic rings. The molecular formula is C15H24N4O2. The highest BCUT2D eigenvalue weighted by atomic mass is 16.2. The Bertz CT molecular complexity index is 512. The number of amides is 2. The minimum absolute atomic E-state index is 0.0508. The zero-order valence-corrected chi connectivity index (χ0v) is 13.1. The standard InChI is InChI=1S/C15H24N4O2/c1-9(2)7-17-14(20)8-18-15(21)11-5-12(10(3)4)19-13(16)6-11/h5-6,9-10H,7-8H2,1-4H3,(H2,16,19)(H,17,20)(H,18,21). The Hall–Kier alpha value is -2.11. The number of carbonyl (C=O) groups is 2. The van der Waals surface area contributed by atoms with Crippen molar-refractivity contribution in [2.24, 2.45) is 5.92 Å². The predicted octanol–water partition coefficient (Wildman–Crippen LogP) is 1.29. The molecule has 116 valence electrons. The monoisotopic (exact) mass is 292 g/mol. The topological polar surface area (TPSA) is 97.1 Å². The second kappa shape index (κ2) is 7.61. The predicted molar refractivity (Wildman–Crippen MR) is 82.9 cm³/mol. The third-order valence-corrected chi connectivity index (χ3v) is 2.84. The summed E-state index contributed by atoms with van der Waals surface area (Å²) in [4.78, 5) is 27.8. The molecule has 1 rings (SSSR count). The molecule has 0 bridgehead atoms. The van der Waals surface area contributed by atoms with Crippen LogP contribution in [-0.4, -0.2) is 29.9 Å². The number of carbonyl (C=O) groups excluding carboxylic acids is 2. The molecular weight excluding hydrogens is 268 g/mol. The zero-order chi connectivity index (χ0) is 16.0. The molecule has 0 saturated carbocycles. The van der Waals surface area contributed by atoms with E-state index in [9.17, 15) is 9.59 Å². The SMILES string of the molecule is CC(C)CNC(=O)CNC(=O)c1cc(N)nc(C(C)C)c1. The van der Waals surface area contributed by atoms with E-state index in [2.05, 4.69) is 15.6 Å². The van der Waals surface area contributed by atoms with Crippen LogP contribution < -0.4 is 16.4 Å². The van der Waals surface area contributed by atoms with E-state index < -0.39 is 0 Å². The largest absolute Gasteiger partial charge is 0.384 e. The average Bonchev–Trinajstić information content (AvgIpc) is 2.41. The van der Waals surface area contributed by atoms with Crippen LogP contribution in [0.1, 0.15) is 49.7 Å². The minimum atomic E-state index is -0.328. The number of anilines is 1. The van der Waals surface area contributed by atoms with Gasteiger partial charge in [-0.25, -0.2) is 4.98 Å². The van der Waals surface area contributed by atoms with Gasteiger partial charge in [0.15, 0.2) is 0 Å². The molecule has 0 unspecified atom stereocenters. The molecule has 1 aromatic heterocycles. The molecule has 6 nitrogen and oxygen atoms in total. The minimum Gasteiger partial charge on any atom is -0.384 e. The summed E-state index contributed by atoms with van der Waals surface area (Å²) in [6, 6.07) is 3.20. The molecule has 0 aliphatic heterocycles. The summed E-state index contributed by atoms with van der Waals surface area (Å²) in [5.74, 6) is 0.317. The summed E-state index contributed by atoms with van der Waals surface area (Å²) in [6.07, 6.45) is 0. The van der Waals surface area contributed by atoms with Crippen molar-refractivity contribution in [2.75, 3.05) is 18.8 Å². The first-order chi connectivity index (χ1) is 9.79. The van der Waals surface area contributed by atoms with Gasteiger partial charge in [0.2, 0.25) is 5.91 Å². The molecule has 0 saturated heterocycles. The Morgan fingerprint density at radius 1 is 1.19 bits per heavy atom. The third kappa shape index (κ3) is 5.81. The summed E-state index contributed by atoms with van der Waals surface area (Å²) >= 11 is 0. The van der Waals surface area contributed by atoms with Crippen LogP contribution >= 0.6 is 0 Å². The van der Waals surface area contributed by atoms with E-state index in [-0.39, 0.29) is 24.3 Å². The first-order valence-corrected chi connectivity index (χ1v) is 7.12. The maximum absolute atomic E-state index is 12.0. The molecule has 0 aliphatic rings. The molecule has 0 fully saturated rings. The van der Waals surface area contributed by atoms with Crippen molar-refractivity contribution in [1.82, 2.24) is 15.6 Å². The molecule has 0 aliphatic carbocycles. The highest BCUT2D eigenvalue weighted by molar-refractivity contribution is 5.97. The number of nitrogens with two attached hydrogens (primary N) is 1. The van der Waals surface area contributed by atoms with Crippen molar-refractivity contribution < 1.29 is 9.59 Å². The van der Waals surface area contributed by atoms with Gasteiger partial charge in [-0.2, -0.15) is 0 Å². The molecule has 0 spiro atoms. The number of nitrogens with zero attached hydrogens (tertiary/aromatic N) is 1. The normalized spacial score (nSPS) is 10.8. The van der Waals surface area contributed by atoms with Crippen molar-refractivity contribution >= 4 is 17.6 Å². The van der Waals surface area contributed by atoms with Crippen molar-refractivity contribution in [2.45, 2.75) is 33.6 Å². The lowest BCUT2D eigenvalue weighted by Crippen LogP contribution is -2.38. The Morgan fingerprint density at radius 2 is 1.86 bits per heavy atom. The number of aromatic nitrogens is 1. The Labute approximate surface area is 125 Å². The summed E-state index contributed by atoms with van der Waals surface area (Å²) in [5.41, 5.74) is 6.87. The number of nitrogen functional groups attached to an aromatic ring is 1. The van der Waals surface area contributed by atoms with Crippen LogP contribution in [0.4, 0.5) is 5.82 Å². The van der Waals surface area contributed by atoms with Crippen LogP contribution in [0.5, 0.6) is 0 Å². The Morgan fingerprint density at radius 3 is 2.43 bits per heavy atom. The van der Waals surface area contributed by atoms with E-state index in [0.717, 1.165) is 5.69 Å². The van der Waals surface area contributed by atoms with Crippen molar-refractivity contribution in [3.63, 3.8) is 0 Å². The molecule has 0 radical (unpaired) electrons. The van der Waals surface area contributed by atoms with E-state index in [1.807, 2.05) is 27.7 Å². The van der Waals surface area contributed by atoms with Gasteiger partial charge in [-0.3, -0.25) is 9.59 Å². The van der Waals surface area contributed by atoms with E-state index in [4.69, 9.17) is 5.73 Å². The molecule has 2 amide bonds. The fraction of sp³-hybridized carbons (Fsp3) is 0.533. The first kappa shape index (κ1) is 16.9. The summed E-state index contributed by atoms with van der Waals surface area (Å²) < 4.78 is 0. The van der Waals surface area contributed by atoms with Gasteiger partial charge < -0.3 is 16.4 Å². The molecule has 4 N–H and O–H groups in total. The van der Waals surface area contributed by atoms with E-state index in [1.54, 1.807) is 6.07 Å². The maximum atomic E-state index is 12.0. The van der Waals surface area contributed by atoms with E-state index in [1.165, 1.54) is 6.07 Å². The smallest absolute Gasteiger partial charge is 0.251 e. The van der Waals surface area contributed by atoms with Gasteiger partial charge in [0.25, 0.3) is 5.91 Å². The van der Waals surface area contributed by atoms with Gasteiger partial charge in [0, 0.05) is 17.8 Å². The van der Waals surface area contributed by atoms with Crippen molar-refractivity contribution in [3.8, 4) is 0 Å². The first-order valence-electron chi connectivity index (χ1n) is 7.12. The second-order valence-corrected chi connectivity index (χ2v) is 5.74. The lowest BCUT2D eigenvalue weighted by Gasteiger charge is -2.10. The third-order valence-electron chi connectivity index (χ3n) is 2.84. The zero-order valence-electron chi connectivity index (χ0n) is 13.1. The van der Waals surface area contributed by atoms with Crippen LogP contribution in [-0.2, 0) is 4.79 Å². The van der Waals surface area contributed by atoms with Gasteiger partial charge in [0.05, 0.1) is 6.54 Å². The van der Waals surface area contributed by atoms with Crippen LogP contribution in [0, 0.1) is 5.92 Å². The van der Waals surface area contributed by atoms with Crippen molar-refractivity contribution in [1.29, 1.82) is 0 Å². The van der Waals surface area contributed by atoms with Gasteiger partial charge >= 0.3 is 0 Å². The quantitative estimate of drug-likeness (QED) is 0.736. The van der Waals surface area contributed by atoms with Crippen LogP contribution in [0.2, 0.25) is 0 Å². The Balaban J connectivity index is 2.62. The second-order valence-electron chi connectivity index (χ2n) is 5.74. The highest BCUT2D eigenvalue weighted by Gasteiger charge is 2.12. The van der Waals surface area contributed by atoms with Crippen LogP contribution in [0.3, 0.4) is 0 Å². The van der Waals surface area contributed by atoms with E-state index in [0.29, 0.717) is 23.8 Å². The molecule has 0 aromatic carbocycles. The number of pyridine rings is 1. The van der Waals surface area contributed by atoms with Gasteiger partial charge in [-0.05, 0) is 24.0 Å². The lowest BCUT2D eigenvalue weighted by atomic mass is 10.1. The van der Waals surface area contributed by atoms with Gasteiger partial charge in [0.1, 0.15) is 5.82 Å². The number of nitrogens with one attached hydrogen (secondary N) is 2. The summed E-state index contributed by atoms with van der Waals surface area (Å²) in [6.45, 7) is 8.50. The van der Waals surface area contributed by atoms with Gasteiger partial charge in [-0.15, -0.1) is 0 Å². The Kier molecular flexibility index (Phi) is 6.14. The fourth-order valence-corrected chi connectivity index (χ4v) is 1.64. The molecule has 6 heteroatoms. The summed E-state index contributed by atoms with van der Waals surface area (Å²) in [5, 5.41) is 5.32. The maximum Gasteiger partial charge on any atom is 0.251 e. The van der Waals surface area contributed by atoms with Crippen LogP contribution in [0.15, 0.2) is 12.1 Å².